The van der Waals surface area contributed by atoms with Crippen LogP contribution in [0.2, 0.25) is 5.02 Å². The molecule has 6 nitrogen and oxygen atoms in total. The van der Waals surface area contributed by atoms with Gasteiger partial charge in [0.15, 0.2) is 0 Å². The molecular formula is C17H24ClNO5S. The van der Waals surface area contributed by atoms with E-state index in [-0.39, 0.29) is 21.8 Å². The summed E-state index contributed by atoms with van der Waals surface area (Å²) >= 11 is 6.09. The normalized spacial score (nSPS) is 27.6. The summed E-state index contributed by atoms with van der Waals surface area (Å²) in [6.45, 7) is 0.773. The maximum absolute atomic E-state index is 13.3. The zero-order valence-electron chi connectivity index (χ0n) is 14.5. The quantitative estimate of drug-likeness (QED) is 0.856. The van der Waals surface area contributed by atoms with Gasteiger partial charge in [-0.05, 0) is 25.7 Å². The number of halogens is 1. The van der Waals surface area contributed by atoms with Crippen molar-refractivity contribution in [2.75, 3.05) is 27.3 Å². The van der Waals surface area contributed by atoms with Gasteiger partial charge in [-0.1, -0.05) is 18.0 Å². The zero-order valence-corrected chi connectivity index (χ0v) is 16.1. The van der Waals surface area contributed by atoms with E-state index in [2.05, 4.69) is 0 Å². The van der Waals surface area contributed by atoms with E-state index in [1.54, 1.807) is 0 Å². The van der Waals surface area contributed by atoms with Crippen LogP contribution in [0.25, 0.3) is 0 Å². The molecule has 140 valence electrons. The largest absolute Gasteiger partial charge is 0.495 e. The first kappa shape index (κ1) is 18.8. The summed E-state index contributed by atoms with van der Waals surface area (Å²) in [4.78, 5) is 0.0424. The van der Waals surface area contributed by atoms with E-state index in [9.17, 15) is 13.5 Å². The highest BCUT2D eigenvalue weighted by atomic mass is 35.5. The Morgan fingerprint density at radius 1 is 1.20 bits per heavy atom. The number of sulfonamides is 1. The molecule has 2 aliphatic rings. The lowest BCUT2D eigenvalue weighted by Crippen LogP contribution is -2.49. The molecule has 0 aromatic heterocycles. The molecule has 1 saturated heterocycles. The highest BCUT2D eigenvalue weighted by molar-refractivity contribution is 7.89. The van der Waals surface area contributed by atoms with Crippen LogP contribution in [0.1, 0.15) is 32.1 Å². The molecule has 25 heavy (non-hydrogen) atoms. The van der Waals surface area contributed by atoms with Gasteiger partial charge in [0.2, 0.25) is 10.0 Å². The van der Waals surface area contributed by atoms with Crippen molar-refractivity contribution >= 4 is 21.6 Å². The van der Waals surface area contributed by atoms with Crippen LogP contribution in [-0.4, -0.2) is 51.2 Å². The summed E-state index contributed by atoms with van der Waals surface area (Å²) in [5, 5.41) is 10.7. The molecule has 1 saturated carbocycles. The van der Waals surface area contributed by atoms with Crippen LogP contribution in [-0.2, 0) is 10.0 Å². The summed E-state index contributed by atoms with van der Waals surface area (Å²) in [6, 6.07) is 2.86. The Hall–Kier alpha value is -1.02. The Morgan fingerprint density at radius 2 is 1.88 bits per heavy atom. The summed E-state index contributed by atoms with van der Waals surface area (Å²) < 4.78 is 38.4. The smallest absolute Gasteiger partial charge is 0.246 e. The van der Waals surface area contributed by atoms with Crippen LogP contribution in [0.4, 0.5) is 0 Å². The summed E-state index contributed by atoms with van der Waals surface area (Å²) in [5.41, 5.74) is -0.324. The lowest BCUT2D eigenvalue weighted by atomic mass is 9.77. The van der Waals surface area contributed by atoms with Crippen molar-refractivity contribution in [3.8, 4) is 11.5 Å². The van der Waals surface area contributed by atoms with Crippen molar-refractivity contribution < 1.29 is 23.0 Å². The van der Waals surface area contributed by atoms with Gasteiger partial charge in [-0.3, -0.25) is 0 Å². The van der Waals surface area contributed by atoms with Crippen molar-refractivity contribution in [2.45, 2.75) is 43.1 Å². The minimum absolute atomic E-state index is 0.0424. The molecule has 1 aromatic carbocycles. The van der Waals surface area contributed by atoms with Crippen LogP contribution in [0.5, 0.6) is 11.5 Å². The van der Waals surface area contributed by atoms with E-state index >= 15 is 0 Å². The molecule has 1 aromatic rings. The molecule has 1 aliphatic carbocycles. The van der Waals surface area contributed by atoms with E-state index < -0.39 is 16.1 Å². The molecule has 2 atom stereocenters. The molecule has 0 radical (unpaired) electrons. The van der Waals surface area contributed by atoms with E-state index in [1.807, 2.05) is 0 Å². The molecule has 8 heteroatoms. The fraction of sp³-hybridized carbons (Fsp3) is 0.647. The topological polar surface area (TPSA) is 76.1 Å². The second-order valence-electron chi connectivity index (χ2n) is 6.85. The summed E-state index contributed by atoms with van der Waals surface area (Å²) in [7, 11) is -0.931. The molecule has 1 heterocycles. The standard InChI is InChI=1S/C17H24ClNO5S/c1-23-13-10-15(14(24-2)9-12(13)18)25(21,22)19-8-4-7-17(11-19)6-3-5-16(17)20/h9-10,16,20H,3-8,11H2,1-2H3/t16?,17-/m0/s1. The SMILES string of the molecule is COc1cc(S(=O)(=O)N2CCC[C@@]3(CCCC3O)C2)c(OC)cc1Cl. The second-order valence-corrected chi connectivity index (χ2v) is 9.16. The molecular weight excluding hydrogens is 366 g/mol. The van der Waals surface area contributed by atoms with Gasteiger partial charge >= 0.3 is 0 Å². The van der Waals surface area contributed by atoms with Gasteiger partial charge in [-0.15, -0.1) is 0 Å². The number of methoxy groups -OCH3 is 2. The van der Waals surface area contributed by atoms with E-state index in [0.717, 1.165) is 32.1 Å². The Labute approximate surface area is 153 Å². The maximum atomic E-state index is 13.3. The van der Waals surface area contributed by atoms with E-state index in [0.29, 0.717) is 18.1 Å². The molecule has 0 amide bonds. The minimum Gasteiger partial charge on any atom is -0.495 e. The molecule has 1 unspecified atom stereocenters. The number of aliphatic hydroxyl groups is 1. The number of nitrogens with zero attached hydrogens (tertiary/aromatic N) is 1. The third-order valence-corrected chi connectivity index (χ3v) is 7.65. The van der Waals surface area contributed by atoms with E-state index in [4.69, 9.17) is 21.1 Å². The monoisotopic (exact) mass is 389 g/mol. The van der Waals surface area contributed by atoms with Crippen molar-refractivity contribution in [3.63, 3.8) is 0 Å². The number of ether oxygens (including phenoxy) is 2. The van der Waals surface area contributed by atoms with Crippen molar-refractivity contribution in [1.29, 1.82) is 0 Å². The minimum atomic E-state index is -3.78. The van der Waals surface area contributed by atoms with Gasteiger partial charge in [0.1, 0.15) is 16.4 Å². The zero-order chi connectivity index (χ0) is 18.2. The van der Waals surface area contributed by atoms with Crippen molar-refractivity contribution in [2.24, 2.45) is 5.41 Å². The van der Waals surface area contributed by atoms with Gasteiger partial charge in [0.25, 0.3) is 0 Å². The number of hydrogen-bond donors (Lipinski definition) is 1. The molecule has 1 spiro atoms. The highest BCUT2D eigenvalue weighted by Crippen LogP contribution is 2.46. The first-order chi connectivity index (χ1) is 11.8. The predicted octanol–water partition coefficient (Wildman–Crippen LogP) is 2.67. The Morgan fingerprint density at radius 3 is 2.48 bits per heavy atom. The first-order valence-corrected chi connectivity index (χ1v) is 10.3. The lowest BCUT2D eigenvalue weighted by molar-refractivity contribution is 0.0126. The average molecular weight is 390 g/mol. The number of hydrogen-bond acceptors (Lipinski definition) is 5. The second kappa shape index (κ2) is 6.95. The Balaban J connectivity index is 1.99. The van der Waals surface area contributed by atoms with Gasteiger partial charge < -0.3 is 14.6 Å². The lowest BCUT2D eigenvalue weighted by Gasteiger charge is -2.41. The summed E-state index contributed by atoms with van der Waals surface area (Å²) in [5.74, 6) is 0.478. The van der Waals surface area contributed by atoms with Crippen LogP contribution in [0.15, 0.2) is 17.0 Å². The fourth-order valence-corrected chi connectivity index (χ4v) is 6.05. The Kier molecular flexibility index (Phi) is 5.21. The number of benzene rings is 1. The molecule has 1 N–H and O–H groups in total. The third kappa shape index (κ3) is 3.23. The van der Waals surface area contributed by atoms with Gasteiger partial charge in [-0.25, -0.2) is 8.42 Å². The van der Waals surface area contributed by atoms with Gasteiger partial charge in [-0.2, -0.15) is 4.31 Å². The van der Waals surface area contributed by atoms with Crippen molar-refractivity contribution in [1.82, 2.24) is 4.31 Å². The molecule has 2 fully saturated rings. The summed E-state index contributed by atoms with van der Waals surface area (Å²) in [6.07, 6.45) is 3.71. The number of piperidine rings is 1. The van der Waals surface area contributed by atoms with Crippen LogP contribution < -0.4 is 9.47 Å². The van der Waals surface area contributed by atoms with Gasteiger partial charge in [0, 0.05) is 30.6 Å². The first-order valence-electron chi connectivity index (χ1n) is 8.44. The third-order valence-electron chi connectivity index (χ3n) is 5.49. The Bertz CT molecular complexity index is 754. The van der Waals surface area contributed by atoms with Crippen LogP contribution >= 0.6 is 11.6 Å². The van der Waals surface area contributed by atoms with Gasteiger partial charge in [0.05, 0.1) is 25.3 Å². The van der Waals surface area contributed by atoms with Crippen LogP contribution in [0, 0.1) is 5.41 Å². The molecule has 0 bridgehead atoms. The maximum Gasteiger partial charge on any atom is 0.246 e. The van der Waals surface area contributed by atoms with Crippen LogP contribution in [0.3, 0.4) is 0 Å². The number of rotatable bonds is 4. The molecule has 3 rings (SSSR count). The highest BCUT2D eigenvalue weighted by Gasteiger charge is 2.47. The van der Waals surface area contributed by atoms with E-state index in [1.165, 1.54) is 30.7 Å². The predicted molar refractivity (Wildman–Crippen MR) is 94.8 cm³/mol. The molecule has 1 aliphatic heterocycles. The number of aliphatic hydroxyl groups excluding tert-OH is 1. The fourth-order valence-electron chi connectivity index (χ4n) is 4.09. The van der Waals surface area contributed by atoms with Crippen molar-refractivity contribution in [3.05, 3.63) is 17.2 Å². The average Bonchev–Trinajstić information content (AvgIpc) is 2.94.